The van der Waals surface area contributed by atoms with Gasteiger partial charge in [0.25, 0.3) is 5.56 Å². The lowest BCUT2D eigenvalue weighted by atomic mass is 10.1. The summed E-state index contributed by atoms with van der Waals surface area (Å²) < 4.78 is 1.83. The van der Waals surface area contributed by atoms with Gasteiger partial charge < -0.3 is 5.32 Å². The average molecular weight is 354 g/mol. The number of para-hydroxylation sites is 1. The summed E-state index contributed by atoms with van der Waals surface area (Å²) in [5.41, 5.74) is 4.18. The number of benzene rings is 2. The summed E-state index contributed by atoms with van der Waals surface area (Å²) in [7, 11) is 0. The third-order valence-electron chi connectivity index (χ3n) is 5.09. The van der Waals surface area contributed by atoms with Crippen molar-refractivity contribution in [2.24, 2.45) is 0 Å². The van der Waals surface area contributed by atoms with Crippen LogP contribution in [-0.4, -0.2) is 14.5 Å². The van der Waals surface area contributed by atoms with Crippen LogP contribution in [0, 0.1) is 0 Å². The summed E-state index contributed by atoms with van der Waals surface area (Å²) >= 11 is 0. The Balaban J connectivity index is 1.58. The maximum absolute atomic E-state index is 12.7. The molecule has 1 aliphatic carbocycles. The SMILES string of the molecule is O=c1ccc2cnc(Nc3ccccc3)nc2n1C1Cc2ccccc2C1. The van der Waals surface area contributed by atoms with E-state index in [1.54, 1.807) is 18.3 Å². The van der Waals surface area contributed by atoms with Gasteiger partial charge in [0, 0.05) is 29.4 Å². The number of hydrogen-bond acceptors (Lipinski definition) is 4. The van der Waals surface area contributed by atoms with E-state index in [9.17, 15) is 4.79 Å². The predicted octanol–water partition coefficient (Wildman–Crippen LogP) is 3.88. The van der Waals surface area contributed by atoms with E-state index in [0.717, 1.165) is 23.9 Å². The van der Waals surface area contributed by atoms with Crippen LogP contribution < -0.4 is 10.9 Å². The van der Waals surface area contributed by atoms with Gasteiger partial charge in [-0.25, -0.2) is 4.98 Å². The molecule has 0 amide bonds. The van der Waals surface area contributed by atoms with Crippen molar-refractivity contribution in [3.63, 3.8) is 0 Å². The Morgan fingerprint density at radius 1 is 0.889 bits per heavy atom. The third-order valence-corrected chi connectivity index (χ3v) is 5.09. The predicted molar refractivity (Wildman–Crippen MR) is 106 cm³/mol. The van der Waals surface area contributed by atoms with Gasteiger partial charge in [-0.3, -0.25) is 9.36 Å². The Hall–Kier alpha value is -3.47. The van der Waals surface area contributed by atoms with Crippen molar-refractivity contribution in [2.75, 3.05) is 5.32 Å². The van der Waals surface area contributed by atoms with Crippen LogP contribution in [0.25, 0.3) is 11.0 Å². The Labute approximate surface area is 156 Å². The van der Waals surface area contributed by atoms with Crippen LogP contribution >= 0.6 is 0 Å². The Morgan fingerprint density at radius 2 is 1.59 bits per heavy atom. The first-order valence-electron chi connectivity index (χ1n) is 9.05. The first-order chi connectivity index (χ1) is 13.3. The molecule has 5 rings (SSSR count). The van der Waals surface area contributed by atoms with Gasteiger partial charge in [-0.15, -0.1) is 0 Å². The topological polar surface area (TPSA) is 59.8 Å². The first kappa shape index (κ1) is 15.8. The van der Waals surface area contributed by atoms with Crippen molar-refractivity contribution >= 4 is 22.7 Å². The average Bonchev–Trinajstić information content (AvgIpc) is 3.12. The monoisotopic (exact) mass is 354 g/mol. The van der Waals surface area contributed by atoms with Crippen molar-refractivity contribution < 1.29 is 0 Å². The molecule has 5 nitrogen and oxygen atoms in total. The molecule has 0 radical (unpaired) electrons. The van der Waals surface area contributed by atoms with E-state index < -0.39 is 0 Å². The number of nitrogens with one attached hydrogen (secondary N) is 1. The summed E-state index contributed by atoms with van der Waals surface area (Å²) in [6.07, 6.45) is 3.47. The molecule has 2 heterocycles. The highest BCUT2D eigenvalue weighted by Gasteiger charge is 2.25. The molecule has 132 valence electrons. The van der Waals surface area contributed by atoms with Crippen LogP contribution in [0.3, 0.4) is 0 Å². The van der Waals surface area contributed by atoms with Crippen LogP contribution in [0.2, 0.25) is 0 Å². The van der Waals surface area contributed by atoms with E-state index in [4.69, 9.17) is 0 Å². The fraction of sp³-hybridized carbons (Fsp3) is 0.136. The largest absolute Gasteiger partial charge is 0.324 e. The molecule has 27 heavy (non-hydrogen) atoms. The number of rotatable bonds is 3. The molecule has 0 aliphatic heterocycles. The second-order valence-corrected chi connectivity index (χ2v) is 6.84. The minimum Gasteiger partial charge on any atom is -0.324 e. The third kappa shape index (κ3) is 2.87. The van der Waals surface area contributed by atoms with Crippen LogP contribution in [0.1, 0.15) is 17.2 Å². The molecule has 2 aromatic heterocycles. The highest BCUT2D eigenvalue weighted by atomic mass is 16.1. The molecule has 2 aromatic carbocycles. The summed E-state index contributed by atoms with van der Waals surface area (Å²) in [5, 5.41) is 4.08. The van der Waals surface area contributed by atoms with Gasteiger partial charge in [0.1, 0.15) is 5.65 Å². The van der Waals surface area contributed by atoms with Gasteiger partial charge >= 0.3 is 0 Å². The van der Waals surface area contributed by atoms with Crippen LogP contribution in [0.5, 0.6) is 0 Å². The Kier molecular flexibility index (Phi) is 3.71. The molecule has 0 unspecified atom stereocenters. The number of nitrogens with zero attached hydrogens (tertiary/aromatic N) is 3. The molecule has 4 aromatic rings. The van der Waals surface area contributed by atoms with E-state index in [0.29, 0.717) is 11.6 Å². The number of fused-ring (bicyclic) bond motifs is 2. The molecule has 0 saturated heterocycles. The van der Waals surface area contributed by atoms with Crippen molar-refractivity contribution in [3.8, 4) is 0 Å². The van der Waals surface area contributed by atoms with E-state index in [1.165, 1.54) is 11.1 Å². The Bertz CT molecular complexity index is 1160. The highest BCUT2D eigenvalue weighted by Crippen LogP contribution is 2.30. The lowest BCUT2D eigenvalue weighted by molar-refractivity contribution is 0.526. The fourth-order valence-electron chi connectivity index (χ4n) is 3.82. The van der Waals surface area contributed by atoms with Gasteiger partial charge in [-0.2, -0.15) is 4.98 Å². The smallest absolute Gasteiger partial charge is 0.252 e. The van der Waals surface area contributed by atoms with E-state index in [2.05, 4.69) is 39.6 Å². The van der Waals surface area contributed by atoms with Gasteiger partial charge in [0.15, 0.2) is 0 Å². The zero-order valence-electron chi connectivity index (χ0n) is 14.7. The van der Waals surface area contributed by atoms with Crippen molar-refractivity contribution in [2.45, 2.75) is 18.9 Å². The zero-order valence-corrected chi connectivity index (χ0v) is 14.7. The van der Waals surface area contributed by atoms with Crippen molar-refractivity contribution in [1.29, 1.82) is 0 Å². The minimum absolute atomic E-state index is 0.0235. The molecular weight excluding hydrogens is 336 g/mol. The molecule has 1 N–H and O–H groups in total. The number of anilines is 2. The number of aromatic nitrogens is 3. The first-order valence-corrected chi connectivity index (χ1v) is 9.05. The van der Waals surface area contributed by atoms with Crippen LogP contribution in [0.4, 0.5) is 11.6 Å². The summed E-state index contributed by atoms with van der Waals surface area (Å²) in [4.78, 5) is 21.8. The molecular formula is C22H18N4O. The van der Waals surface area contributed by atoms with Gasteiger partial charge in [-0.05, 0) is 42.2 Å². The van der Waals surface area contributed by atoms with E-state index in [1.807, 2.05) is 34.9 Å². The molecule has 0 fully saturated rings. The molecule has 0 atom stereocenters. The Morgan fingerprint density at radius 3 is 2.33 bits per heavy atom. The standard InChI is InChI=1S/C22H18N4O/c27-20-11-10-17-14-23-22(24-18-8-2-1-3-9-18)25-21(17)26(20)19-12-15-6-4-5-7-16(15)13-19/h1-11,14,19H,12-13H2,(H,23,24,25). The maximum atomic E-state index is 12.7. The molecule has 0 spiro atoms. The molecule has 0 saturated carbocycles. The second-order valence-electron chi connectivity index (χ2n) is 6.84. The maximum Gasteiger partial charge on any atom is 0.252 e. The van der Waals surface area contributed by atoms with Gasteiger partial charge in [0.05, 0.1) is 0 Å². The van der Waals surface area contributed by atoms with Crippen molar-refractivity contribution in [1.82, 2.24) is 14.5 Å². The number of pyridine rings is 1. The fourth-order valence-corrected chi connectivity index (χ4v) is 3.82. The molecule has 1 aliphatic rings. The van der Waals surface area contributed by atoms with Crippen LogP contribution in [0.15, 0.2) is 77.7 Å². The molecule has 5 heteroatoms. The van der Waals surface area contributed by atoms with Gasteiger partial charge in [-0.1, -0.05) is 42.5 Å². The summed E-state index contributed by atoms with van der Waals surface area (Å²) in [6, 6.07) is 21.7. The lowest BCUT2D eigenvalue weighted by Gasteiger charge is -2.16. The molecule has 0 bridgehead atoms. The second kappa shape index (κ2) is 6.36. The quantitative estimate of drug-likeness (QED) is 0.607. The zero-order chi connectivity index (χ0) is 18.2. The lowest BCUT2D eigenvalue weighted by Crippen LogP contribution is -2.25. The summed E-state index contributed by atoms with van der Waals surface area (Å²) in [5.74, 6) is 0.489. The van der Waals surface area contributed by atoms with Crippen LogP contribution in [-0.2, 0) is 12.8 Å². The highest BCUT2D eigenvalue weighted by molar-refractivity contribution is 5.76. The van der Waals surface area contributed by atoms with E-state index >= 15 is 0 Å². The normalized spacial score (nSPS) is 13.6. The number of hydrogen-bond donors (Lipinski definition) is 1. The van der Waals surface area contributed by atoms with E-state index in [-0.39, 0.29) is 11.6 Å². The summed E-state index contributed by atoms with van der Waals surface area (Å²) in [6.45, 7) is 0. The van der Waals surface area contributed by atoms with Gasteiger partial charge in [0.2, 0.25) is 5.95 Å². The van der Waals surface area contributed by atoms with Crippen molar-refractivity contribution in [3.05, 3.63) is 94.4 Å². The minimum atomic E-state index is -0.0235.